The van der Waals surface area contributed by atoms with Crippen LogP contribution in [-0.2, 0) is 11.3 Å². The normalized spacial score (nSPS) is 10.2. The minimum atomic E-state index is 0.703. The molecule has 106 valence electrons. The Morgan fingerprint density at radius 1 is 1.37 bits per heavy atom. The molecule has 1 aromatic rings. The summed E-state index contributed by atoms with van der Waals surface area (Å²) < 4.78 is 11.9. The van der Waals surface area contributed by atoms with Crippen LogP contribution in [0.2, 0.25) is 0 Å². The lowest BCUT2D eigenvalue weighted by Gasteiger charge is -2.12. The number of hydrogen-bond donors (Lipinski definition) is 1. The van der Waals surface area contributed by atoms with E-state index in [1.54, 1.807) is 0 Å². The summed E-state index contributed by atoms with van der Waals surface area (Å²) in [6.45, 7) is 8.78. The van der Waals surface area contributed by atoms with Gasteiger partial charge in [0.1, 0.15) is 5.75 Å². The lowest BCUT2D eigenvalue weighted by atomic mass is 10.2. The van der Waals surface area contributed by atoms with Gasteiger partial charge in [-0.15, -0.1) is 0 Å². The summed E-state index contributed by atoms with van der Waals surface area (Å²) in [6.07, 6.45) is 3.46. The molecular formula is C15H22BrNO2. The average molecular weight is 328 g/mol. The third-order valence-electron chi connectivity index (χ3n) is 2.53. The standard InChI is InChI=1S/C15H22BrNO2/c1-3-9-19-15-7-6-14(16)11-13(15)12-17-8-5-10-18-4-2/h4,6-7,11,17H,2-3,5,8-10,12H2,1H3. The van der Waals surface area contributed by atoms with Crippen LogP contribution in [0.1, 0.15) is 25.3 Å². The van der Waals surface area contributed by atoms with Crippen molar-refractivity contribution in [3.63, 3.8) is 0 Å². The van der Waals surface area contributed by atoms with Crippen molar-refractivity contribution in [3.05, 3.63) is 41.1 Å². The molecule has 1 aromatic carbocycles. The second kappa shape index (κ2) is 9.87. The summed E-state index contributed by atoms with van der Waals surface area (Å²) in [5, 5.41) is 3.39. The highest BCUT2D eigenvalue weighted by Gasteiger charge is 2.04. The molecule has 19 heavy (non-hydrogen) atoms. The third-order valence-corrected chi connectivity index (χ3v) is 3.03. The Bertz CT molecular complexity index is 382. The molecule has 0 aliphatic heterocycles. The molecule has 0 aliphatic rings. The van der Waals surface area contributed by atoms with Crippen molar-refractivity contribution < 1.29 is 9.47 Å². The molecule has 1 N–H and O–H groups in total. The molecule has 0 bridgehead atoms. The molecule has 0 spiro atoms. The number of benzene rings is 1. The van der Waals surface area contributed by atoms with Crippen LogP contribution in [0.5, 0.6) is 5.75 Å². The van der Waals surface area contributed by atoms with E-state index < -0.39 is 0 Å². The van der Waals surface area contributed by atoms with Crippen LogP contribution in [0.15, 0.2) is 35.5 Å². The van der Waals surface area contributed by atoms with Crippen molar-refractivity contribution in [1.82, 2.24) is 5.32 Å². The Morgan fingerprint density at radius 2 is 2.21 bits per heavy atom. The van der Waals surface area contributed by atoms with Crippen molar-refractivity contribution in [2.24, 2.45) is 0 Å². The Balaban J connectivity index is 2.41. The van der Waals surface area contributed by atoms with E-state index in [4.69, 9.17) is 9.47 Å². The zero-order valence-electron chi connectivity index (χ0n) is 11.5. The SMILES string of the molecule is C=COCCCNCc1cc(Br)ccc1OCCC. The molecular weight excluding hydrogens is 306 g/mol. The molecule has 0 saturated carbocycles. The summed E-state index contributed by atoms with van der Waals surface area (Å²) >= 11 is 3.49. The van der Waals surface area contributed by atoms with Crippen molar-refractivity contribution >= 4 is 15.9 Å². The third kappa shape index (κ3) is 6.64. The maximum absolute atomic E-state index is 5.74. The zero-order chi connectivity index (χ0) is 13.9. The molecule has 0 aliphatic carbocycles. The molecule has 4 heteroatoms. The van der Waals surface area contributed by atoms with E-state index >= 15 is 0 Å². The van der Waals surface area contributed by atoms with Crippen molar-refractivity contribution in [2.45, 2.75) is 26.3 Å². The predicted octanol–water partition coefficient (Wildman–Crippen LogP) is 3.88. The van der Waals surface area contributed by atoms with Gasteiger partial charge >= 0.3 is 0 Å². The van der Waals surface area contributed by atoms with Gasteiger partial charge in [-0.05, 0) is 37.6 Å². The highest BCUT2D eigenvalue weighted by atomic mass is 79.9. The number of rotatable bonds is 10. The molecule has 3 nitrogen and oxygen atoms in total. The van der Waals surface area contributed by atoms with E-state index in [1.807, 2.05) is 12.1 Å². The van der Waals surface area contributed by atoms with Gasteiger partial charge in [-0.25, -0.2) is 0 Å². The van der Waals surface area contributed by atoms with Gasteiger partial charge in [0.05, 0.1) is 19.5 Å². The Kier molecular flexibility index (Phi) is 8.34. The van der Waals surface area contributed by atoms with Gasteiger partial charge in [0.25, 0.3) is 0 Å². The molecule has 0 atom stereocenters. The second-order valence-electron chi connectivity index (χ2n) is 4.17. The first-order valence-corrected chi connectivity index (χ1v) is 7.41. The molecule has 0 aromatic heterocycles. The topological polar surface area (TPSA) is 30.5 Å². The molecule has 0 radical (unpaired) electrons. The van der Waals surface area contributed by atoms with Gasteiger partial charge in [0, 0.05) is 16.6 Å². The van der Waals surface area contributed by atoms with E-state index in [2.05, 4.69) is 40.8 Å². The highest BCUT2D eigenvalue weighted by molar-refractivity contribution is 9.10. The van der Waals surface area contributed by atoms with Crippen LogP contribution in [0.25, 0.3) is 0 Å². The number of halogens is 1. The molecule has 0 amide bonds. The molecule has 0 heterocycles. The minimum Gasteiger partial charge on any atom is -0.502 e. The van der Waals surface area contributed by atoms with E-state index in [0.29, 0.717) is 6.61 Å². The van der Waals surface area contributed by atoms with E-state index in [-0.39, 0.29) is 0 Å². The summed E-state index contributed by atoms with van der Waals surface area (Å²) in [4.78, 5) is 0. The van der Waals surface area contributed by atoms with Crippen molar-refractivity contribution in [3.8, 4) is 5.75 Å². The van der Waals surface area contributed by atoms with Crippen LogP contribution >= 0.6 is 15.9 Å². The maximum atomic E-state index is 5.74. The lowest BCUT2D eigenvalue weighted by Crippen LogP contribution is -2.16. The van der Waals surface area contributed by atoms with Gasteiger partial charge in [0.2, 0.25) is 0 Å². The molecule has 1 rings (SSSR count). The second-order valence-corrected chi connectivity index (χ2v) is 5.08. The van der Waals surface area contributed by atoms with Crippen LogP contribution in [0.4, 0.5) is 0 Å². The quantitative estimate of drug-likeness (QED) is 0.522. The number of hydrogen-bond acceptors (Lipinski definition) is 3. The van der Waals surface area contributed by atoms with E-state index in [1.165, 1.54) is 11.8 Å². The molecule has 0 unspecified atom stereocenters. The van der Waals surface area contributed by atoms with Crippen LogP contribution in [-0.4, -0.2) is 19.8 Å². The lowest BCUT2D eigenvalue weighted by molar-refractivity contribution is 0.244. The maximum Gasteiger partial charge on any atom is 0.123 e. The molecule has 0 saturated heterocycles. The largest absolute Gasteiger partial charge is 0.502 e. The van der Waals surface area contributed by atoms with Crippen LogP contribution < -0.4 is 10.1 Å². The number of ether oxygens (including phenoxy) is 2. The van der Waals surface area contributed by atoms with Gasteiger partial charge < -0.3 is 14.8 Å². The smallest absolute Gasteiger partial charge is 0.123 e. The van der Waals surface area contributed by atoms with Crippen molar-refractivity contribution in [2.75, 3.05) is 19.8 Å². The first-order chi connectivity index (χ1) is 9.27. The fourth-order valence-corrected chi connectivity index (χ4v) is 2.03. The highest BCUT2D eigenvalue weighted by Crippen LogP contribution is 2.23. The fraction of sp³-hybridized carbons (Fsp3) is 0.467. The first-order valence-electron chi connectivity index (χ1n) is 6.62. The zero-order valence-corrected chi connectivity index (χ0v) is 13.0. The van der Waals surface area contributed by atoms with E-state index in [0.717, 1.165) is 42.8 Å². The summed E-state index contributed by atoms with van der Waals surface area (Å²) in [6, 6.07) is 6.11. The molecule has 0 fully saturated rings. The van der Waals surface area contributed by atoms with Gasteiger partial charge in [0.15, 0.2) is 0 Å². The fourth-order valence-electron chi connectivity index (χ4n) is 1.63. The van der Waals surface area contributed by atoms with E-state index in [9.17, 15) is 0 Å². The van der Waals surface area contributed by atoms with Gasteiger partial charge in [-0.3, -0.25) is 0 Å². The van der Waals surface area contributed by atoms with Crippen molar-refractivity contribution in [1.29, 1.82) is 0 Å². The Hall–Kier alpha value is -1.00. The minimum absolute atomic E-state index is 0.703. The average Bonchev–Trinajstić information content (AvgIpc) is 2.42. The number of nitrogens with one attached hydrogen (secondary N) is 1. The Morgan fingerprint density at radius 3 is 2.95 bits per heavy atom. The summed E-state index contributed by atoms with van der Waals surface area (Å²) in [5.41, 5.74) is 1.17. The Labute approximate surface area is 124 Å². The first kappa shape index (κ1) is 16.1. The predicted molar refractivity (Wildman–Crippen MR) is 82.4 cm³/mol. The van der Waals surface area contributed by atoms with Crippen LogP contribution in [0, 0.1) is 0 Å². The van der Waals surface area contributed by atoms with Gasteiger partial charge in [-0.2, -0.15) is 0 Å². The summed E-state index contributed by atoms with van der Waals surface area (Å²) in [5.74, 6) is 0.958. The van der Waals surface area contributed by atoms with Crippen LogP contribution in [0.3, 0.4) is 0 Å². The monoisotopic (exact) mass is 327 g/mol. The summed E-state index contributed by atoms with van der Waals surface area (Å²) in [7, 11) is 0. The van der Waals surface area contributed by atoms with Gasteiger partial charge in [-0.1, -0.05) is 29.4 Å².